The molecule has 0 spiro atoms. The fourth-order valence-corrected chi connectivity index (χ4v) is 1.79. The van der Waals surface area contributed by atoms with Crippen molar-refractivity contribution >= 4 is 12.0 Å². The minimum atomic E-state index is -0.502. The van der Waals surface area contributed by atoms with Crippen LogP contribution in [-0.4, -0.2) is 36.1 Å². The molecule has 0 aliphatic heterocycles. The smallest absolute Gasteiger partial charge is 0.410 e. The van der Waals surface area contributed by atoms with Gasteiger partial charge in [0.1, 0.15) is 5.60 Å². The summed E-state index contributed by atoms with van der Waals surface area (Å²) in [5.41, 5.74) is 0.569. The van der Waals surface area contributed by atoms with Crippen molar-refractivity contribution in [3.05, 3.63) is 35.9 Å². The van der Waals surface area contributed by atoms with Gasteiger partial charge >= 0.3 is 6.09 Å². The fraction of sp³-hybridized carbons (Fsp3) is 0.529. The van der Waals surface area contributed by atoms with Crippen molar-refractivity contribution < 1.29 is 14.3 Å². The van der Waals surface area contributed by atoms with Gasteiger partial charge in [-0.15, -0.1) is 0 Å². The zero-order valence-corrected chi connectivity index (χ0v) is 13.9. The molecule has 1 aromatic carbocycles. The number of hydrogen-bond acceptors (Lipinski definition) is 3. The van der Waals surface area contributed by atoms with Crippen molar-refractivity contribution in [1.82, 2.24) is 10.2 Å². The first-order valence-electron chi connectivity index (χ1n) is 7.52. The Kier molecular flexibility index (Phi) is 6.89. The first-order chi connectivity index (χ1) is 10.3. The number of rotatable bonds is 6. The highest BCUT2D eigenvalue weighted by Gasteiger charge is 2.19. The molecular formula is C17H26N2O3. The quantitative estimate of drug-likeness (QED) is 0.879. The topological polar surface area (TPSA) is 58.6 Å². The van der Waals surface area contributed by atoms with E-state index < -0.39 is 5.60 Å². The molecule has 0 fully saturated rings. The number of amides is 2. The number of ether oxygens (including phenoxy) is 1. The summed E-state index contributed by atoms with van der Waals surface area (Å²) in [5, 5.41) is 2.87. The number of benzene rings is 1. The van der Waals surface area contributed by atoms with Gasteiger partial charge < -0.3 is 15.0 Å². The maximum atomic E-state index is 11.8. The Balaban J connectivity index is 2.20. The van der Waals surface area contributed by atoms with Gasteiger partial charge in [0.25, 0.3) is 0 Å². The number of carbonyl (C=O) groups is 2. The molecule has 5 nitrogen and oxygen atoms in total. The van der Waals surface area contributed by atoms with Crippen LogP contribution in [0, 0.1) is 0 Å². The molecule has 0 radical (unpaired) electrons. The summed E-state index contributed by atoms with van der Waals surface area (Å²) < 4.78 is 5.25. The molecule has 0 aliphatic carbocycles. The molecule has 1 N–H and O–H groups in total. The number of nitrogens with zero attached hydrogens (tertiary/aromatic N) is 1. The summed E-state index contributed by atoms with van der Waals surface area (Å²) in [6, 6.07) is 9.76. The van der Waals surface area contributed by atoms with Crippen LogP contribution in [0.1, 0.15) is 39.2 Å². The highest BCUT2D eigenvalue weighted by Crippen LogP contribution is 2.09. The van der Waals surface area contributed by atoms with Gasteiger partial charge in [-0.2, -0.15) is 0 Å². The van der Waals surface area contributed by atoms with E-state index in [1.807, 2.05) is 51.1 Å². The monoisotopic (exact) mass is 306 g/mol. The van der Waals surface area contributed by atoms with Gasteiger partial charge in [-0.3, -0.25) is 4.79 Å². The molecule has 0 aromatic heterocycles. The van der Waals surface area contributed by atoms with E-state index in [0.717, 1.165) is 5.56 Å². The van der Waals surface area contributed by atoms with Gasteiger partial charge in [0, 0.05) is 26.6 Å². The lowest BCUT2D eigenvalue weighted by molar-refractivity contribution is -0.121. The Morgan fingerprint density at radius 1 is 1.18 bits per heavy atom. The molecule has 0 atom stereocenters. The van der Waals surface area contributed by atoms with E-state index in [2.05, 4.69) is 5.32 Å². The van der Waals surface area contributed by atoms with Crippen LogP contribution < -0.4 is 5.32 Å². The molecule has 0 unspecified atom stereocenters. The summed E-state index contributed by atoms with van der Waals surface area (Å²) in [6.45, 7) is 6.51. The van der Waals surface area contributed by atoms with Gasteiger partial charge in [0.15, 0.2) is 0 Å². The van der Waals surface area contributed by atoms with Crippen LogP contribution in [0.2, 0.25) is 0 Å². The Morgan fingerprint density at radius 3 is 2.41 bits per heavy atom. The van der Waals surface area contributed by atoms with Crippen LogP contribution in [0.5, 0.6) is 0 Å². The van der Waals surface area contributed by atoms with Gasteiger partial charge in [-0.1, -0.05) is 30.3 Å². The van der Waals surface area contributed by atoms with E-state index in [1.54, 1.807) is 7.05 Å². The molecule has 5 heteroatoms. The van der Waals surface area contributed by atoms with Crippen molar-refractivity contribution in [2.45, 2.75) is 45.8 Å². The van der Waals surface area contributed by atoms with Crippen LogP contribution >= 0.6 is 0 Å². The average molecular weight is 306 g/mol. The Bertz CT molecular complexity index is 480. The third-order valence-electron chi connectivity index (χ3n) is 2.94. The summed E-state index contributed by atoms with van der Waals surface area (Å²) in [6.07, 6.45) is 0.633. The molecule has 1 aromatic rings. The lowest BCUT2D eigenvalue weighted by atomic mass is 10.2. The molecule has 0 saturated carbocycles. The highest BCUT2D eigenvalue weighted by molar-refractivity contribution is 5.76. The largest absolute Gasteiger partial charge is 0.444 e. The molecule has 1 rings (SSSR count). The maximum absolute atomic E-state index is 11.8. The van der Waals surface area contributed by atoms with Crippen molar-refractivity contribution in [2.75, 3.05) is 13.6 Å². The SMILES string of the molecule is CN(CCCC(=O)NCc1ccccc1)C(=O)OC(C)(C)C. The standard InChI is InChI=1S/C17H26N2O3/c1-17(2,3)22-16(21)19(4)12-8-11-15(20)18-13-14-9-6-5-7-10-14/h5-7,9-10H,8,11-13H2,1-4H3,(H,18,20). The van der Waals surface area contributed by atoms with Gasteiger partial charge in [-0.05, 0) is 32.8 Å². The molecule has 22 heavy (non-hydrogen) atoms. The molecular weight excluding hydrogens is 280 g/mol. The average Bonchev–Trinajstić information content (AvgIpc) is 2.44. The number of hydrogen-bond donors (Lipinski definition) is 1. The van der Waals surface area contributed by atoms with E-state index in [-0.39, 0.29) is 12.0 Å². The lowest BCUT2D eigenvalue weighted by Gasteiger charge is -2.24. The van der Waals surface area contributed by atoms with E-state index in [4.69, 9.17) is 4.74 Å². The normalized spacial score (nSPS) is 10.9. The van der Waals surface area contributed by atoms with Crippen molar-refractivity contribution in [1.29, 1.82) is 0 Å². The first-order valence-corrected chi connectivity index (χ1v) is 7.52. The first kappa shape index (κ1) is 18.0. The van der Waals surface area contributed by atoms with Gasteiger partial charge in [0.05, 0.1) is 0 Å². The van der Waals surface area contributed by atoms with Crippen LogP contribution in [-0.2, 0) is 16.1 Å². The van der Waals surface area contributed by atoms with E-state index >= 15 is 0 Å². The van der Waals surface area contributed by atoms with Gasteiger partial charge in [0.2, 0.25) is 5.91 Å². The summed E-state index contributed by atoms with van der Waals surface area (Å²) in [7, 11) is 1.68. The van der Waals surface area contributed by atoms with Crippen molar-refractivity contribution in [3.8, 4) is 0 Å². The molecule has 0 aliphatic rings. The number of nitrogens with one attached hydrogen (secondary N) is 1. The Morgan fingerprint density at radius 2 is 1.82 bits per heavy atom. The minimum Gasteiger partial charge on any atom is -0.444 e. The lowest BCUT2D eigenvalue weighted by Crippen LogP contribution is -2.35. The maximum Gasteiger partial charge on any atom is 0.410 e. The molecule has 0 bridgehead atoms. The molecule has 122 valence electrons. The van der Waals surface area contributed by atoms with E-state index in [0.29, 0.717) is 25.9 Å². The Labute approximate surface area is 132 Å². The van der Waals surface area contributed by atoms with E-state index in [1.165, 1.54) is 4.90 Å². The van der Waals surface area contributed by atoms with Crippen molar-refractivity contribution in [2.24, 2.45) is 0 Å². The van der Waals surface area contributed by atoms with Crippen LogP contribution in [0.15, 0.2) is 30.3 Å². The fourth-order valence-electron chi connectivity index (χ4n) is 1.79. The predicted molar refractivity (Wildman–Crippen MR) is 86.4 cm³/mol. The van der Waals surface area contributed by atoms with Crippen LogP contribution in [0.4, 0.5) is 4.79 Å². The second kappa shape index (κ2) is 8.41. The summed E-state index contributed by atoms with van der Waals surface area (Å²) in [5.74, 6) is -0.0126. The molecule has 0 heterocycles. The predicted octanol–water partition coefficient (Wildman–Crippen LogP) is 2.95. The summed E-state index contributed by atoms with van der Waals surface area (Å²) >= 11 is 0. The van der Waals surface area contributed by atoms with Crippen molar-refractivity contribution in [3.63, 3.8) is 0 Å². The van der Waals surface area contributed by atoms with Crippen LogP contribution in [0.3, 0.4) is 0 Å². The number of carbonyl (C=O) groups excluding carboxylic acids is 2. The van der Waals surface area contributed by atoms with E-state index in [9.17, 15) is 9.59 Å². The zero-order chi connectivity index (χ0) is 16.6. The van der Waals surface area contributed by atoms with Crippen LogP contribution in [0.25, 0.3) is 0 Å². The molecule has 2 amide bonds. The molecule has 0 saturated heterocycles. The zero-order valence-electron chi connectivity index (χ0n) is 13.9. The minimum absolute atomic E-state index is 0.0126. The Hall–Kier alpha value is -2.04. The highest BCUT2D eigenvalue weighted by atomic mass is 16.6. The third-order valence-corrected chi connectivity index (χ3v) is 2.94. The second-order valence-corrected chi connectivity index (χ2v) is 6.27. The second-order valence-electron chi connectivity index (χ2n) is 6.27. The van der Waals surface area contributed by atoms with Gasteiger partial charge in [-0.25, -0.2) is 4.79 Å². The summed E-state index contributed by atoms with van der Waals surface area (Å²) in [4.78, 5) is 25.0. The third kappa shape index (κ3) is 7.67.